The van der Waals surface area contributed by atoms with Crippen molar-refractivity contribution < 1.29 is 4.39 Å². The van der Waals surface area contributed by atoms with Gasteiger partial charge in [0, 0.05) is 31.9 Å². The molecule has 1 fully saturated rings. The van der Waals surface area contributed by atoms with Crippen molar-refractivity contribution in [1.29, 1.82) is 0 Å². The fraction of sp³-hybridized carbons (Fsp3) is 0.444. The summed E-state index contributed by atoms with van der Waals surface area (Å²) in [5, 5.41) is 10.7. The second-order valence-electron chi connectivity index (χ2n) is 5.94. The summed E-state index contributed by atoms with van der Waals surface area (Å²) < 4.78 is 13.9. The lowest BCUT2D eigenvalue weighted by Crippen LogP contribution is -2.47. The normalized spacial score (nSPS) is 14.9. The van der Waals surface area contributed by atoms with Gasteiger partial charge >= 0.3 is 0 Å². The molecule has 1 aromatic heterocycles. The number of halogens is 1. The Kier molecular flexibility index (Phi) is 6.43. The fourth-order valence-corrected chi connectivity index (χ4v) is 3.18. The number of benzene rings is 1. The number of H-pyrrole nitrogens is 1. The molecule has 3 rings (SSSR count). The fourth-order valence-electron chi connectivity index (χ4n) is 3.18. The van der Waals surface area contributed by atoms with Gasteiger partial charge in [0.1, 0.15) is 5.82 Å². The van der Waals surface area contributed by atoms with Crippen LogP contribution >= 0.6 is 0 Å². The van der Waals surface area contributed by atoms with Gasteiger partial charge in [0.15, 0.2) is 5.84 Å². The van der Waals surface area contributed by atoms with Gasteiger partial charge in [-0.2, -0.15) is 10.2 Å². The van der Waals surface area contributed by atoms with Crippen LogP contribution in [0.15, 0.2) is 23.3 Å². The van der Waals surface area contributed by atoms with Crippen LogP contribution in [0.1, 0.15) is 30.8 Å². The summed E-state index contributed by atoms with van der Waals surface area (Å²) in [5.74, 6) is 4.74. The number of hydrogen-bond donors (Lipinski definition) is 3. The van der Waals surface area contributed by atoms with Gasteiger partial charge in [0.25, 0.3) is 0 Å². The van der Waals surface area contributed by atoms with E-state index in [0.717, 1.165) is 43.3 Å². The molecule has 7 nitrogen and oxygen atoms in total. The molecule has 2 aromatic rings. The number of nitrogens with zero attached hydrogens (tertiary/aromatic N) is 4. The highest BCUT2D eigenvalue weighted by molar-refractivity contribution is 5.98. The predicted octanol–water partition coefficient (Wildman–Crippen LogP) is 2.10. The molecule has 0 radical (unpaired) electrons. The first kappa shape index (κ1) is 19.6. The number of piperazine rings is 1. The number of nitrogens with two attached hydrogens (primary N) is 2. The van der Waals surface area contributed by atoms with Gasteiger partial charge in [-0.05, 0) is 32.0 Å². The summed E-state index contributed by atoms with van der Waals surface area (Å²) in [4.78, 5) is 4.53. The maximum atomic E-state index is 13.9. The number of amidine groups is 1. The second-order valence-corrected chi connectivity index (χ2v) is 5.94. The van der Waals surface area contributed by atoms with Crippen molar-refractivity contribution in [2.45, 2.75) is 27.7 Å². The monoisotopic (exact) mass is 361 g/mol. The lowest BCUT2D eigenvalue weighted by atomic mass is 10.1. The standard InChI is InChI=1S/C16H22FN7.C2H6/c1-10-15(11(2)22-21-10)24-7-5-23(6-8-24)12-3-4-14(17)13(9-12)16(18)20-19;1-2/h3-4,9H,5-8,19H2,1-2H3,(H2,18,20)(H,21,22);1-2H3. The molecule has 0 amide bonds. The molecule has 0 aliphatic carbocycles. The van der Waals surface area contributed by atoms with Crippen LogP contribution in [-0.4, -0.2) is 42.2 Å². The lowest BCUT2D eigenvalue weighted by Gasteiger charge is -2.37. The summed E-state index contributed by atoms with van der Waals surface area (Å²) in [6, 6.07) is 4.86. The van der Waals surface area contributed by atoms with Crippen LogP contribution in [0.25, 0.3) is 0 Å². The zero-order valence-corrected chi connectivity index (χ0v) is 15.9. The van der Waals surface area contributed by atoms with Crippen LogP contribution in [0, 0.1) is 19.7 Å². The Morgan fingerprint density at radius 1 is 1.15 bits per heavy atom. The van der Waals surface area contributed by atoms with Crippen molar-refractivity contribution in [1.82, 2.24) is 10.2 Å². The molecular formula is C18H28FN7. The molecule has 0 bridgehead atoms. The molecule has 142 valence electrons. The number of aromatic amines is 1. The van der Waals surface area contributed by atoms with E-state index in [2.05, 4.69) is 25.1 Å². The zero-order valence-electron chi connectivity index (χ0n) is 15.9. The number of anilines is 2. The number of aromatic nitrogens is 2. The Morgan fingerprint density at radius 2 is 1.77 bits per heavy atom. The highest BCUT2D eigenvalue weighted by Crippen LogP contribution is 2.26. The third-order valence-corrected chi connectivity index (χ3v) is 4.42. The van der Waals surface area contributed by atoms with E-state index in [1.54, 1.807) is 12.1 Å². The van der Waals surface area contributed by atoms with Crippen LogP contribution in [0.3, 0.4) is 0 Å². The third kappa shape index (κ3) is 3.89. The van der Waals surface area contributed by atoms with Crippen molar-refractivity contribution in [3.63, 3.8) is 0 Å². The van der Waals surface area contributed by atoms with Gasteiger partial charge in [0.05, 0.1) is 22.6 Å². The molecule has 1 aliphatic rings. The molecule has 1 saturated heterocycles. The van der Waals surface area contributed by atoms with E-state index in [1.165, 1.54) is 11.8 Å². The van der Waals surface area contributed by atoms with Crippen LogP contribution in [-0.2, 0) is 0 Å². The summed E-state index contributed by atoms with van der Waals surface area (Å²) in [6.45, 7) is 11.4. The van der Waals surface area contributed by atoms with E-state index in [0.29, 0.717) is 0 Å². The summed E-state index contributed by atoms with van der Waals surface area (Å²) in [7, 11) is 0. The number of aryl methyl sites for hydroxylation is 2. The van der Waals surface area contributed by atoms with E-state index in [1.807, 2.05) is 27.7 Å². The second kappa shape index (κ2) is 8.55. The Morgan fingerprint density at radius 3 is 2.31 bits per heavy atom. The maximum Gasteiger partial charge on any atom is 0.153 e. The SMILES string of the molecule is CC.Cc1n[nH]c(C)c1N1CCN(c2ccc(F)c(/C(N)=N/N)c2)CC1. The lowest BCUT2D eigenvalue weighted by molar-refractivity contribution is 0.621. The largest absolute Gasteiger partial charge is 0.382 e. The molecule has 2 heterocycles. The average molecular weight is 361 g/mol. The third-order valence-electron chi connectivity index (χ3n) is 4.42. The molecule has 0 atom stereocenters. The van der Waals surface area contributed by atoms with E-state index in [9.17, 15) is 4.39 Å². The highest BCUT2D eigenvalue weighted by atomic mass is 19.1. The van der Waals surface area contributed by atoms with E-state index in [4.69, 9.17) is 11.6 Å². The number of hydrazone groups is 1. The number of nitrogens with one attached hydrogen (secondary N) is 1. The van der Waals surface area contributed by atoms with Crippen LogP contribution < -0.4 is 21.4 Å². The van der Waals surface area contributed by atoms with E-state index >= 15 is 0 Å². The zero-order chi connectivity index (χ0) is 19.3. The topological polar surface area (TPSA) is 99.6 Å². The minimum absolute atomic E-state index is 0.00219. The summed E-state index contributed by atoms with van der Waals surface area (Å²) in [6.07, 6.45) is 0. The van der Waals surface area contributed by atoms with Gasteiger partial charge in [-0.1, -0.05) is 13.8 Å². The first-order valence-electron chi connectivity index (χ1n) is 8.86. The van der Waals surface area contributed by atoms with E-state index in [-0.39, 0.29) is 11.4 Å². The molecule has 1 aromatic carbocycles. The molecule has 0 unspecified atom stereocenters. The first-order chi connectivity index (χ1) is 12.5. The van der Waals surface area contributed by atoms with Crippen LogP contribution in [0.5, 0.6) is 0 Å². The maximum absolute atomic E-state index is 13.9. The number of hydrogen-bond acceptors (Lipinski definition) is 5. The molecule has 26 heavy (non-hydrogen) atoms. The van der Waals surface area contributed by atoms with Crippen molar-refractivity contribution in [2.24, 2.45) is 16.7 Å². The highest BCUT2D eigenvalue weighted by Gasteiger charge is 2.22. The first-order valence-corrected chi connectivity index (χ1v) is 8.86. The van der Waals surface area contributed by atoms with Crippen LogP contribution in [0.2, 0.25) is 0 Å². The van der Waals surface area contributed by atoms with Gasteiger partial charge in [-0.3, -0.25) is 5.10 Å². The van der Waals surface area contributed by atoms with Crippen molar-refractivity contribution in [2.75, 3.05) is 36.0 Å². The van der Waals surface area contributed by atoms with Crippen molar-refractivity contribution in [3.05, 3.63) is 41.0 Å². The van der Waals surface area contributed by atoms with Crippen LogP contribution in [0.4, 0.5) is 15.8 Å². The Labute approximate surface area is 153 Å². The van der Waals surface area contributed by atoms with Crippen molar-refractivity contribution in [3.8, 4) is 0 Å². The summed E-state index contributed by atoms with van der Waals surface area (Å²) >= 11 is 0. The molecule has 8 heteroatoms. The predicted molar refractivity (Wildman–Crippen MR) is 105 cm³/mol. The number of rotatable bonds is 3. The Bertz CT molecular complexity index is 741. The van der Waals surface area contributed by atoms with Gasteiger partial charge in [-0.15, -0.1) is 0 Å². The molecule has 0 saturated carbocycles. The molecule has 0 spiro atoms. The Hall–Kier alpha value is -2.77. The smallest absolute Gasteiger partial charge is 0.153 e. The summed E-state index contributed by atoms with van der Waals surface area (Å²) in [5.41, 5.74) is 10.1. The average Bonchev–Trinajstić information content (AvgIpc) is 3.01. The van der Waals surface area contributed by atoms with Gasteiger partial charge in [-0.25, -0.2) is 4.39 Å². The Balaban J connectivity index is 0.00000117. The van der Waals surface area contributed by atoms with Gasteiger partial charge in [0.2, 0.25) is 0 Å². The quantitative estimate of drug-likeness (QED) is 0.336. The van der Waals surface area contributed by atoms with Crippen molar-refractivity contribution >= 4 is 17.2 Å². The molecule has 1 aliphatic heterocycles. The van der Waals surface area contributed by atoms with E-state index < -0.39 is 5.82 Å². The molecular weight excluding hydrogens is 333 g/mol. The minimum Gasteiger partial charge on any atom is -0.382 e. The molecule has 5 N–H and O–H groups in total. The van der Waals surface area contributed by atoms with Gasteiger partial charge < -0.3 is 21.4 Å². The minimum atomic E-state index is -0.422.